The van der Waals surface area contributed by atoms with Crippen LogP contribution in [0.4, 0.5) is 4.39 Å². The highest BCUT2D eigenvalue weighted by molar-refractivity contribution is 5.23. The van der Waals surface area contributed by atoms with Crippen LogP contribution in [0.2, 0.25) is 0 Å². The van der Waals surface area contributed by atoms with Crippen LogP contribution in [0.5, 0.6) is 0 Å². The minimum Gasteiger partial charge on any atom is -0.393 e. The van der Waals surface area contributed by atoms with Crippen molar-refractivity contribution in [2.24, 2.45) is 17.8 Å². The Morgan fingerprint density at radius 3 is 2.73 bits per heavy atom. The number of aliphatic hydroxyl groups is 1. The molecule has 1 heterocycles. The third-order valence-electron chi connectivity index (χ3n) is 7.55. The summed E-state index contributed by atoms with van der Waals surface area (Å²) in [5, 5.41) is 9.88. The number of allylic oxidation sites excluding steroid dienone is 3. The molecule has 0 aromatic carbocycles. The molecule has 26 heavy (non-hydrogen) atoms. The van der Waals surface area contributed by atoms with Gasteiger partial charge in [-0.1, -0.05) is 23.3 Å². The van der Waals surface area contributed by atoms with Crippen LogP contribution < -0.4 is 0 Å². The lowest BCUT2D eigenvalue weighted by Crippen LogP contribution is -2.27. The van der Waals surface area contributed by atoms with Gasteiger partial charge >= 0.3 is 0 Å². The Morgan fingerprint density at radius 2 is 1.92 bits per heavy atom. The fraction of sp³-hybridized carbons (Fsp3) is 0.826. The van der Waals surface area contributed by atoms with E-state index in [1.54, 1.807) is 5.57 Å². The van der Waals surface area contributed by atoms with E-state index in [1.807, 2.05) is 0 Å². The van der Waals surface area contributed by atoms with Crippen molar-refractivity contribution in [1.29, 1.82) is 0 Å². The highest BCUT2D eigenvalue weighted by Crippen LogP contribution is 2.49. The van der Waals surface area contributed by atoms with E-state index in [4.69, 9.17) is 0 Å². The van der Waals surface area contributed by atoms with E-state index in [-0.39, 0.29) is 6.10 Å². The molecule has 0 aromatic heterocycles. The number of fused-ring (bicyclic) bond motifs is 1. The summed E-state index contributed by atoms with van der Waals surface area (Å²) >= 11 is 0. The van der Waals surface area contributed by atoms with Gasteiger partial charge in [0.2, 0.25) is 0 Å². The maximum Gasteiger partial charge on any atom is 0.114 e. The van der Waals surface area contributed by atoms with Gasteiger partial charge in [-0.15, -0.1) is 0 Å². The maximum absolute atomic E-state index is 13.4. The van der Waals surface area contributed by atoms with Crippen molar-refractivity contribution >= 4 is 0 Å². The van der Waals surface area contributed by atoms with Gasteiger partial charge in [-0.25, -0.2) is 4.39 Å². The lowest BCUT2D eigenvalue weighted by atomic mass is 9.74. The van der Waals surface area contributed by atoms with Gasteiger partial charge in [0.05, 0.1) is 6.10 Å². The molecule has 0 radical (unpaired) electrons. The number of alkyl halides is 1. The van der Waals surface area contributed by atoms with E-state index in [9.17, 15) is 9.50 Å². The quantitative estimate of drug-likeness (QED) is 0.759. The van der Waals surface area contributed by atoms with Gasteiger partial charge in [0.25, 0.3) is 0 Å². The summed E-state index contributed by atoms with van der Waals surface area (Å²) in [7, 11) is 0. The largest absolute Gasteiger partial charge is 0.393 e. The zero-order valence-corrected chi connectivity index (χ0v) is 16.2. The molecular weight excluding hydrogens is 325 g/mol. The molecule has 1 aliphatic heterocycles. The molecule has 4 aliphatic rings. The SMILES string of the molecule is OC1CCC/C(=C/C=C2\CCCC3C(CCN4CCC(F)C4)CCC23)C1. The van der Waals surface area contributed by atoms with Crippen LogP contribution in [-0.4, -0.2) is 41.9 Å². The first-order valence-corrected chi connectivity index (χ1v) is 11.1. The topological polar surface area (TPSA) is 23.5 Å². The highest BCUT2D eigenvalue weighted by atomic mass is 19.1. The zero-order chi connectivity index (χ0) is 17.9. The molecule has 4 rings (SSSR count). The number of rotatable bonds is 4. The standard InChI is InChI=1S/C23H36FNO/c24-20-12-14-25(16-20)13-11-19-9-10-23-18(4-2-6-22(19)23)8-7-17-3-1-5-21(26)15-17/h7-8,19-23,26H,1-6,9-16H2/b17-7-,18-8+. The number of likely N-dealkylation sites (tertiary alicyclic amines) is 1. The number of nitrogens with zero attached hydrogens (tertiary/aromatic N) is 1. The smallest absolute Gasteiger partial charge is 0.114 e. The van der Waals surface area contributed by atoms with Crippen LogP contribution in [0.25, 0.3) is 0 Å². The average Bonchev–Trinajstić information content (AvgIpc) is 3.24. The van der Waals surface area contributed by atoms with E-state index in [0.717, 1.165) is 56.5 Å². The van der Waals surface area contributed by atoms with Crippen LogP contribution in [0.15, 0.2) is 23.3 Å². The molecule has 5 atom stereocenters. The van der Waals surface area contributed by atoms with Gasteiger partial charge in [-0.05, 0) is 94.9 Å². The fourth-order valence-electron chi connectivity index (χ4n) is 6.12. The Bertz CT molecular complexity index is 542. The van der Waals surface area contributed by atoms with Gasteiger partial charge in [0, 0.05) is 13.1 Å². The fourth-order valence-corrected chi connectivity index (χ4v) is 6.12. The van der Waals surface area contributed by atoms with Crippen molar-refractivity contribution in [2.75, 3.05) is 19.6 Å². The van der Waals surface area contributed by atoms with Gasteiger partial charge in [0.1, 0.15) is 6.17 Å². The van der Waals surface area contributed by atoms with Crippen LogP contribution >= 0.6 is 0 Å². The highest BCUT2D eigenvalue weighted by Gasteiger charge is 2.39. The number of aliphatic hydroxyl groups excluding tert-OH is 1. The van der Waals surface area contributed by atoms with Gasteiger partial charge in [-0.2, -0.15) is 0 Å². The molecule has 0 amide bonds. The number of halogens is 1. The van der Waals surface area contributed by atoms with Crippen LogP contribution in [0, 0.1) is 17.8 Å². The van der Waals surface area contributed by atoms with Crippen molar-refractivity contribution < 1.29 is 9.50 Å². The minimum atomic E-state index is -0.582. The summed E-state index contributed by atoms with van der Waals surface area (Å²) in [6, 6.07) is 0. The molecule has 0 spiro atoms. The maximum atomic E-state index is 13.4. The van der Waals surface area contributed by atoms with Crippen molar-refractivity contribution in [1.82, 2.24) is 4.90 Å². The summed E-state index contributed by atoms with van der Waals surface area (Å²) < 4.78 is 13.4. The van der Waals surface area contributed by atoms with Gasteiger partial charge in [0.15, 0.2) is 0 Å². The van der Waals surface area contributed by atoms with Crippen LogP contribution in [0.3, 0.4) is 0 Å². The normalized spacial score (nSPS) is 41.8. The molecule has 1 N–H and O–H groups in total. The Labute approximate surface area is 158 Å². The monoisotopic (exact) mass is 361 g/mol. The second-order valence-electron chi connectivity index (χ2n) is 9.29. The first-order valence-electron chi connectivity index (χ1n) is 11.1. The molecule has 146 valence electrons. The van der Waals surface area contributed by atoms with Crippen molar-refractivity contribution in [3.63, 3.8) is 0 Å². The predicted molar refractivity (Wildman–Crippen MR) is 105 cm³/mol. The molecule has 3 aliphatic carbocycles. The number of hydrogen-bond donors (Lipinski definition) is 1. The first kappa shape index (κ1) is 18.7. The minimum absolute atomic E-state index is 0.113. The van der Waals surface area contributed by atoms with Crippen molar-refractivity contribution in [3.05, 3.63) is 23.3 Å². The van der Waals surface area contributed by atoms with Crippen LogP contribution in [0.1, 0.15) is 70.6 Å². The molecule has 0 aromatic rings. The van der Waals surface area contributed by atoms with E-state index in [2.05, 4.69) is 17.1 Å². The average molecular weight is 362 g/mol. The lowest BCUT2D eigenvalue weighted by molar-refractivity contribution is 0.149. The summed E-state index contributed by atoms with van der Waals surface area (Å²) in [4.78, 5) is 2.34. The second kappa shape index (κ2) is 8.56. The summed E-state index contributed by atoms with van der Waals surface area (Å²) in [6.07, 6.45) is 17.0. The van der Waals surface area contributed by atoms with Crippen LogP contribution in [-0.2, 0) is 0 Å². The summed E-state index contributed by atoms with van der Waals surface area (Å²) in [5.41, 5.74) is 3.13. The number of hydrogen-bond acceptors (Lipinski definition) is 2. The summed E-state index contributed by atoms with van der Waals surface area (Å²) in [5.74, 6) is 2.52. The van der Waals surface area contributed by atoms with E-state index in [1.165, 1.54) is 50.5 Å². The predicted octanol–water partition coefficient (Wildman–Crippen LogP) is 5.03. The molecular formula is C23H36FNO. The molecule has 3 heteroatoms. The zero-order valence-electron chi connectivity index (χ0n) is 16.2. The Morgan fingerprint density at radius 1 is 1.04 bits per heavy atom. The van der Waals surface area contributed by atoms with Gasteiger partial charge < -0.3 is 10.0 Å². The first-order chi connectivity index (χ1) is 12.7. The molecule has 3 saturated carbocycles. The van der Waals surface area contributed by atoms with E-state index in [0.29, 0.717) is 6.54 Å². The molecule has 4 fully saturated rings. The van der Waals surface area contributed by atoms with E-state index < -0.39 is 6.17 Å². The molecule has 0 bridgehead atoms. The Balaban J connectivity index is 1.34. The summed E-state index contributed by atoms with van der Waals surface area (Å²) in [6.45, 7) is 2.74. The second-order valence-corrected chi connectivity index (χ2v) is 9.29. The lowest BCUT2D eigenvalue weighted by Gasteiger charge is -2.32. The van der Waals surface area contributed by atoms with Crippen molar-refractivity contribution in [3.8, 4) is 0 Å². The third-order valence-corrected chi connectivity index (χ3v) is 7.55. The van der Waals surface area contributed by atoms with E-state index >= 15 is 0 Å². The van der Waals surface area contributed by atoms with Crippen molar-refractivity contribution in [2.45, 2.75) is 82.9 Å². The third kappa shape index (κ3) is 4.42. The Hall–Kier alpha value is -0.670. The van der Waals surface area contributed by atoms with Gasteiger partial charge in [-0.3, -0.25) is 0 Å². The molecule has 1 saturated heterocycles. The molecule has 2 nitrogen and oxygen atoms in total. The molecule has 5 unspecified atom stereocenters. The Kier molecular flexibility index (Phi) is 6.15.